The predicted octanol–water partition coefficient (Wildman–Crippen LogP) is 2.52. The number of aromatic nitrogens is 1. The zero-order valence-corrected chi connectivity index (χ0v) is 12.8. The topological polar surface area (TPSA) is 94.3 Å². The number of sulfonamides is 1. The van der Waals surface area contributed by atoms with E-state index < -0.39 is 10.0 Å². The van der Waals surface area contributed by atoms with Crippen molar-refractivity contribution in [3.05, 3.63) is 41.6 Å². The quantitative estimate of drug-likeness (QED) is 0.880. The summed E-state index contributed by atoms with van der Waals surface area (Å²) < 4.78 is 32.4. The highest BCUT2D eigenvalue weighted by atomic mass is 35.5. The molecule has 1 aromatic heterocycles. The van der Waals surface area contributed by atoms with Gasteiger partial charge in [-0.1, -0.05) is 11.6 Å². The van der Waals surface area contributed by atoms with E-state index in [1.807, 2.05) is 0 Å². The summed E-state index contributed by atoms with van der Waals surface area (Å²) in [4.78, 5) is 3.76. The molecule has 0 spiro atoms. The number of pyridine rings is 1. The lowest BCUT2D eigenvalue weighted by atomic mass is 10.3. The van der Waals surface area contributed by atoms with Gasteiger partial charge in [-0.2, -0.15) is 0 Å². The maximum atomic E-state index is 12.3. The molecule has 3 N–H and O–H groups in total. The van der Waals surface area contributed by atoms with E-state index in [2.05, 4.69) is 9.71 Å². The number of nitrogens with two attached hydrogens (primary N) is 1. The summed E-state index contributed by atoms with van der Waals surface area (Å²) in [6.07, 6.45) is 1.18. The van der Waals surface area contributed by atoms with Crippen molar-refractivity contribution in [2.75, 3.05) is 17.1 Å². The number of rotatable bonds is 5. The van der Waals surface area contributed by atoms with E-state index in [4.69, 9.17) is 22.1 Å². The van der Waals surface area contributed by atoms with Crippen LogP contribution >= 0.6 is 11.6 Å². The average Bonchev–Trinajstić information content (AvgIpc) is 2.42. The van der Waals surface area contributed by atoms with Gasteiger partial charge in [-0.15, -0.1) is 0 Å². The summed E-state index contributed by atoms with van der Waals surface area (Å²) in [5.41, 5.74) is 5.71. The van der Waals surface area contributed by atoms with Gasteiger partial charge in [0.05, 0.1) is 12.3 Å². The van der Waals surface area contributed by atoms with Gasteiger partial charge in [0, 0.05) is 11.2 Å². The zero-order valence-electron chi connectivity index (χ0n) is 11.2. The molecule has 0 bridgehead atoms. The number of nitrogen functional groups attached to an aromatic ring is 1. The van der Waals surface area contributed by atoms with Crippen molar-refractivity contribution in [3.63, 3.8) is 0 Å². The molecular weight excluding hydrogens is 314 g/mol. The molecular formula is C13H14ClN3O3S. The summed E-state index contributed by atoms with van der Waals surface area (Å²) in [5, 5.41) is 0.395. The smallest absolute Gasteiger partial charge is 0.263 e. The summed E-state index contributed by atoms with van der Waals surface area (Å²) in [5.74, 6) is 0.639. The first-order valence-electron chi connectivity index (χ1n) is 6.09. The number of hydrogen-bond acceptors (Lipinski definition) is 5. The van der Waals surface area contributed by atoms with Gasteiger partial charge in [0.15, 0.2) is 0 Å². The fraction of sp³-hybridized carbons (Fsp3) is 0.154. The summed E-state index contributed by atoms with van der Waals surface area (Å²) in [6, 6.07) is 7.49. The van der Waals surface area contributed by atoms with Crippen molar-refractivity contribution in [1.82, 2.24) is 4.98 Å². The minimum absolute atomic E-state index is 0.000811. The molecule has 2 aromatic rings. The van der Waals surface area contributed by atoms with E-state index in [1.165, 1.54) is 24.4 Å². The van der Waals surface area contributed by atoms with Crippen LogP contribution in [0.15, 0.2) is 41.4 Å². The second-order valence-corrected chi connectivity index (χ2v) is 6.22. The lowest BCUT2D eigenvalue weighted by molar-refractivity contribution is 0.342. The molecule has 112 valence electrons. The maximum absolute atomic E-state index is 12.3. The molecule has 0 radical (unpaired) electrons. The van der Waals surface area contributed by atoms with Gasteiger partial charge in [0.25, 0.3) is 10.0 Å². The Hall–Kier alpha value is -1.99. The third kappa shape index (κ3) is 3.77. The minimum Gasteiger partial charge on any atom is -0.492 e. The molecule has 21 heavy (non-hydrogen) atoms. The van der Waals surface area contributed by atoms with Gasteiger partial charge in [-0.3, -0.25) is 4.72 Å². The van der Waals surface area contributed by atoms with Crippen LogP contribution in [0.1, 0.15) is 6.92 Å². The number of nitrogens with zero attached hydrogens (tertiary/aromatic N) is 1. The number of halogens is 1. The number of ether oxygens (including phenoxy) is 1. The van der Waals surface area contributed by atoms with E-state index in [9.17, 15) is 8.42 Å². The van der Waals surface area contributed by atoms with Crippen molar-refractivity contribution in [2.45, 2.75) is 11.8 Å². The number of benzene rings is 1. The Balaban J connectivity index is 2.36. The second-order valence-electron chi connectivity index (χ2n) is 4.10. The van der Waals surface area contributed by atoms with Gasteiger partial charge in [-0.25, -0.2) is 13.4 Å². The van der Waals surface area contributed by atoms with E-state index in [0.717, 1.165) is 0 Å². The van der Waals surface area contributed by atoms with Crippen LogP contribution in [0.2, 0.25) is 5.02 Å². The fourth-order valence-corrected chi connectivity index (χ4v) is 2.80. The van der Waals surface area contributed by atoms with Crippen molar-refractivity contribution < 1.29 is 13.2 Å². The largest absolute Gasteiger partial charge is 0.492 e. The third-order valence-electron chi connectivity index (χ3n) is 2.56. The first kappa shape index (κ1) is 15.4. The molecule has 8 heteroatoms. The number of anilines is 2. The molecule has 0 amide bonds. The van der Waals surface area contributed by atoms with Crippen molar-refractivity contribution in [2.24, 2.45) is 0 Å². The molecule has 0 fully saturated rings. The first-order valence-corrected chi connectivity index (χ1v) is 7.95. The summed E-state index contributed by atoms with van der Waals surface area (Å²) >= 11 is 5.89. The number of nitrogens with one attached hydrogen (secondary N) is 1. The third-order valence-corrected chi connectivity index (χ3v) is 4.14. The molecule has 0 aliphatic carbocycles. The van der Waals surface area contributed by atoms with Crippen LogP contribution in [0.3, 0.4) is 0 Å². The van der Waals surface area contributed by atoms with Crippen LogP contribution in [0.4, 0.5) is 11.5 Å². The number of hydrogen-bond donors (Lipinski definition) is 2. The molecule has 2 rings (SSSR count). The monoisotopic (exact) mass is 327 g/mol. The van der Waals surface area contributed by atoms with Crippen LogP contribution in [0.25, 0.3) is 0 Å². The van der Waals surface area contributed by atoms with Crippen LogP contribution in [-0.4, -0.2) is 20.0 Å². The van der Waals surface area contributed by atoms with Gasteiger partial charge in [0.1, 0.15) is 16.5 Å². The standard InChI is InChI=1S/C13H14ClN3O3S/c1-2-20-12-5-3-9(14)7-11(12)17-21(18,19)10-4-6-13(15)16-8-10/h3-8,17H,2H2,1H3,(H2,15,16). The molecule has 0 aliphatic rings. The Bertz CT molecular complexity index is 733. The van der Waals surface area contributed by atoms with Gasteiger partial charge < -0.3 is 10.5 Å². The molecule has 6 nitrogen and oxygen atoms in total. The molecule has 0 saturated carbocycles. The summed E-state index contributed by atoms with van der Waals surface area (Å²) in [7, 11) is -3.79. The normalized spacial score (nSPS) is 11.1. The van der Waals surface area contributed by atoms with Crippen LogP contribution in [0.5, 0.6) is 5.75 Å². The van der Waals surface area contributed by atoms with E-state index >= 15 is 0 Å². The fourth-order valence-electron chi connectivity index (χ4n) is 1.62. The van der Waals surface area contributed by atoms with Crippen LogP contribution in [-0.2, 0) is 10.0 Å². The minimum atomic E-state index is -3.79. The van der Waals surface area contributed by atoms with Gasteiger partial charge in [-0.05, 0) is 37.3 Å². The van der Waals surface area contributed by atoms with Gasteiger partial charge >= 0.3 is 0 Å². The molecule has 0 aliphatic heterocycles. The predicted molar refractivity (Wildman–Crippen MR) is 82.1 cm³/mol. The van der Waals surface area contributed by atoms with Crippen molar-refractivity contribution >= 4 is 33.1 Å². The molecule has 1 heterocycles. The lowest BCUT2D eigenvalue weighted by Crippen LogP contribution is -2.14. The lowest BCUT2D eigenvalue weighted by Gasteiger charge is -2.13. The highest BCUT2D eigenvalue weighted by molar-refractivity contribution is 7.92. The molecule has 0 unspecified atom stereocenters. The maximum Gasteiger partial charge on any atom is 0.263 e. The Labute approximate surface area is 128 Å². The molecule has 0 atom stereocenters. The highest BCUT2D eigenvalue weighted by Crippen LogP contribution is 2.30. The molecule has 0 saturated heterocycles. The highest BCUT2D eigenvalue weighted by Gasteiger charge is 2.17. The Morgan fingerprint density at radius 2 is 2.10 bits per heavy atom. The Morgan fingerprint density at radius 1 is 1.33 bits per heavy atom. The SMILES string of the molecule is CCOc1ccc(Cl)cc1NS(=O)(=O)c1ccc(N)nc1. The Kier molecular flexibility index (Phi) is 4.54. The van der Waals surface area contributed by atoms with E-state index in [0.29, 0.717) is 17.4 Å². The zero-order chi connectivity index (χ0) is 15.5. The van der Waals surface area contributed by atoms with Crippen LogP contribution < -0.4 is 15.2 Å². The molecule has 1 aromatic carbocycles. The second kappa shape index (κ2) is 6.19. The van der Waals surface area contributed by atoms with Crippen molar-refractivity contribution in [1.29, 1.82) is 0 Å². The van der Waals surface area contributed by atoms with Crippen LogP contribution in [0, 0.1) is 0 Å². The van der Waals surface area contributed by atoms with E-state index in [1.54, 1.807) is 19.1 Å². The summed E-state index contributed by atoms with van der Waals surface area (Å²) in [6.45, 7) is 2.20. The Morgan fingerprint density at radius 3 is 2.71 bits per heavy atom. The van der Waals surface area contributed by atoms with Gasteiger partial charge in [0.2, 0.25) is 0 Å². The average molecular weight is 328 g/mol. The first-order chi connectivity index (χ1) is 9.92. The van der Waals surface area contributed by atoms with Crippen molar-refractivity contribution in [3.8, 4) is 5.75 Å². The van der Waals surface area contributed by atoms with E-state index in [-0.39, 0.29) is 16.4 Å².